The van der Waals surface area contributed by atoms with Crippen molar-refractivity contribution in [3.05, 3.63) is 101 Å². The first-order valence-corrected chi connectivity index (χ1v) is 11.0. The summed E-state index contributed by atoms with van der Waals surface area (Å²) in [5, 5.41) is 0. The number of benzene rings is 3. The molecule has 0 aromatic heterocycles. The van der Waals surface area contributed by atoms with Crippen molar-refractivity contribution < 1.29 is 14.4 Å². The largest absolute Gasteiger partial charge is 0.289 e. The third-order valence-electron chi connectivity index (χ3n) is 6.62. The zero-order chi connectivity index (χ0) is 22.6. The summed E-state index contributed by atoms with van der Waals surface area (Å²) in [4.78, 5) is 41.5. The summed E-state index contributed by atoms with van der Waals surface area (Å²) in [6, 6.07) is 22.6. The molecule has 5 rings (SSSR count). The van der Waals surface area contributed by atoms with Crippen LogP contribution in [0.4, 0.5) is 5.69 Å². The molecule has 0 bridgehead atoms. The van der Waals surface area contributed by atoms with Crippen LogP contribution in [0.15, 0.2) is 72.8 Å². The highest BCUT2D eigenvalue weighted by molar-refractivity contribution is 6.22. The fourth-order valence-electron chi connectivity index (χ4n) is 5.17. The second-order valence-electron chi connectivity index (χ2n) is 9.63. The molecule has 1 atom stereocenters. The SMILES string of the molecule is CC(C)(C)c1ccccc1N1C(=O)C[C@@H](C2c3ccccc3C(=O)c3ccccc32)C1=O. The molecule has 160 valence electrons. The van der Waals surface area contributed by atoms with Gasteiger partial charge in [-0.15, -0.1) is 0 Å². The van der Waals surface area contributed by atoms with E-state index in [1.165, 1.54) is 4.90 Å². The summed E-state index contributed by atoms with van der Waals surface area (Å²) in [6.45, 7) is 6.23. The Labute approximate surface area is 187 Å². The van der Waals surface area contributed by atoms with E-state index in [9.17, 15) is 14.4 Å². The quantitative estimate of drug-likeness (QED) is 0.530. The van der Waals surface area contributed by atoms with E-state index >= 15 is 0 Å². The van der Waals surface area contributed by atoms with Gasteiger partial charge >= 0.3 is 0 Å². The minimum Gasteiger partial charge on any atom is -0.289 e. The van der Waals surface area contributed by atoms with Crippen molar-refractivity contribution in [2.24, 2.45) is 5.92 Å². The van der Waals surface area contributed by atoms with Gasteiger partial charge in [-0.25, -0.2) is 4.90 Å². The third kappa shape index (κ3) is 3.01. The average molecular weight is 424 g/mol. The second-order valence-corrected chi connectivity index (χ2v) is 9.63. The van der Waals surface area contributed by atoms with E-state index in [2.05, 4.69) is 20.8 Å². The first-order valence-electron chi connectivity index (χ1n) is 11.0. The van der Waals surface area contributed by atoms with Gasteiger partial charge in [-0.2, -0.15) is 0 Å². The van der Waals surface area contributed by atoms with Crippen LogP contribution in [0.25, 0.3) is 0 Å². The molecule has 1 aliphatic carbocycles. The van der Waals surface area contributed by atoms with Crippen molar-refractivity contribution in [1.29, 1.82) is 0 Å². The fraction of sp³-hybridized carbons (Fsp3) is 0.250. The van der Waals surface area contributed by atoms with Gasteiger partial charge < -0.3 is 0 Å². The molecule has 1 heterocycles. The predicted octanol–water partition coefficient (Wildman–Crippen LogP) is 5.24. The zero-order valence-corrected chi connectivity index (χ0v) is 18.5. The van der Waals surface area contributed by atoms with Crippen LogP contribution in [0.5, 0.6) is 0 Å². The minimum absolute atomic E-state index is 0.0286. The second kappa shape index (κ2) is 7.27. The number of para-hydroxylation sites is 1. The van der Waals surface area contributed by atoms with Crippen LogP contribution >= 0.6 is 0 Å². The summed E-state index contributed by atoms with van der Waals surface area (Å²) < 4.78 is 0. The maximum absolute atomic E-state index is 13.8. The number of hydrogen-bond donors (Lipinski definition) is 0. The molecule has 0 N–H and O–H groups in total. The molecule has 4 heteroatoms. The lowest BCUT2D eigenvalue weighted by molar-refractivity contribution is -0.122. The third-order valence-corrected chi connectivity index (χ3v) is 6.62. The molecule has 0 radical (unpaired) electrons. The lowest BCUT2D eigenvalue weighted by atomic mass is 9.71. The minimum atomic E-state index is -0.550. The highest BCUT2D eigenvalue weighted by atomic mass is 16.2. The lowest BCUT2D eigenvalue weighted by Crippen LogP contribution is -2.35. The van der Waals surface area contributed by atoms with Crippen molar-refractivity contribution >= 4 is 23.3 Å². The molecule has 1 fully saturated rings. The maximum atomic E-state index is 13.8. The van der Waals surface area contributed by atoms with Crippen LogP contribution in [-0.2, 0) is 15.0 Å². The van der Waals surface area contributed by atoms with E-state index in [0.717, 1.165) is 16.7 Å². The molecule has 3 aromatic carbocycles. The van der Waals surface area contributed by atoms with E-state index < -0.39 is 5.92 Å². The Balaban J connectivity index is 1.63. The van der Waals surface area contributed by atoms with Crippen molar-refractivity contribution in [2.45, 2.75) is 38.5 Å². The Morgan fingerprint density at radius 1 is 0.750 bits per heavy atom. The first kappa shape index (κ1) is 20.4. The monoisotopic (exact) mass is 423 g/mol. The summed E-state index contributed by atoms with van der Waals surface area (Å²) in [6.07, 6.45) is 0.124. The van der Waals surface area contributed by atoms with Crippen molar-refractivity contribution in [3.63, 3.8) is 0 Å². The summed E-state index contributed by atoms with van der Waals surface area (Å²) in [5.74, 6) is -1.30. The number of rotatable bonds is 2. The Morgan fingerprint density at radius 2 is 1.28 bits per heavy atom. The molecular weight excluding hydrogens is 398 g/mol. The van der Waals surface area contributed by atoms with Gasteiger partial charge in [-0.1, -0.05) is 87.5 Å². The molecule has 32 heavy (non-hydrogen) atoms. The van der Waals surface area contributed by atoms with E-state index in [1.54, 1.807) is 0 Å². The van der Waals surface area contributed by atoms with Crippen LogP contribution < -0.4 is 4.90 Å². The highest BCUT2D eigenvalue weighted by Gasteiger charge is 2.48. The van der Waals surface area contributed by atoms with Crippen molar-refractivity contribution in [3.8, 4) is 0 Å². The summed E-state index contributed by atoms with van der Waals surface area (Å²) in [7, 11) is 0. The Morgan fingerprint density at radius 3 is 1.88 bits per heavy atom. The normalized spacial score (nSPS) is 18.7. The molecule has 0 spiro atoms. The number of nitrogens with zero attached hydrogens (tertiary/aromatic N) is 1. The number of hydrogen-bond acceptors (Lipinski definition) is 3. The number of carbonyl (C=O) groups excluding carboxylic acids is 3. The molecule has 1 saturated heterocycles. The molecule has 0 saturated carbocycles. The molecule has 1 aliphatic heterocycles. The molecule has 2 aliphatic rings. The van der Waals surface area contributed by atoms with Crippen molar-refractivity contribution in [2.75, 3.05) is 4.90 Å². The smallest absolute Gasteiger partial charge is 0.238 e. The van der Waals surface area contributed by atoms with Crippen LogP contribution in [0, 0.1) is 5.92 Å². The average Bonchev–Trinajstić information content (AvgIpc) is 3.07. The predicted molar refractivity (Wildman–Crippen MR) is 124 cm³/mol. The van der Waals surface area contributed by atoms with Gasteiger partial charge in [0, 0.05) is 23.5 Å². The van der Waals surface area contributed by atoms with Crippen LogP contribution in [0.1, 0.15) is 65.7 Å². The first-order chi connectivity index (χ1) is 15.3. The van der Waals surface area contributed by atoms with Gasteiger partial charge in [-0.05, 0) is 28.2 Å². The lowest BCUT2D eigenvalue weighted by Gasteiger charge is -2.31. The van der Waals surface area contributed by atoms with Crippen LogP contribution in [0.3, 0.4) is 0 Å². The zero-order valence-electron chi connectivity index (χ0n) is 18.5. The van der Waals surface area contributed by atoms with Crippen molar-refractivity contribution in [1.82, 2.24) is 0 Å². The highest BCUT2D eigenvalue weighted by Crippen LogP contribution is 2.46. The molecule has 2 amide bonds. The standard InChI is InChI=1S/C28H25NO3/c1-28(2,3)22-14-8-9-15-23(22)29-24(30)16-21(27(29)32)25-17-10-4-6-12-19(17)26(31)20-13-7-5-11-18(20)25/h4-15,21,25H,16H2,1-3H3/t21-/m0/s1. The number of imide groups is 1. The number of fused-ring (bicyclic) bond motifs is 2. The Bertz CT molecular complexity index is 1220. The summed E-state index contributed by atoms with van der Waals surface area (Å²) >= 11 is 0. The number of amides is 2. The number of ketones is 1. The molecular formula is C28H25NO3. The summed E-state index contributed by atoms with van der Waals surface area (Å²) in [5.41, 5.74) is 4.29. The Kier molecular flexibility index (Phi) is 4.63. The van der Waals surface area contributed by atoms with E-state index in [4.69, 9.17) is 0 Å². The fourth-order valence-corrected chi connectivity index (χ4v) is 5.17. The number of carbonyl (C=O) groups is 3. The van der Waals surface area contributed by atoms with Crippen LogP contribution in [0.2, 0.25) is 0 Å². The maximum Gasteiger partial charge on any atom is 0.238 e. The van der Waals surface area contributed by atoms with Gasteiger partial charge in [0.25, 0.3) is 0 Å². The van der Waals surface area contributed by atoms with Gasteiger partial charge in [-0.3, -0.25) is 14.4 Å². The van der Waals surface area contributed by atoms with E-state index in [-0.39, 0.29) is 35.4 Å². The van der Waals surface area contributed by atoms with Gasteiger partial charge in [0.05, 0.1) is 11.6 Å². The van der Waals surface area contributed by atoms with Gasteiger partial charge in [0.15, 0.2) is 5.78 Å². The number of anilines is 1. The molecule has 3 aromatic rings. The van der Waals surface area contributed by atoms with E-state index in [0.29, 0.717) is 16.8 Å². The Hall–Kier alpha value is -3.53. The molecule has 4 nitrogen and oxygen atoms in total. The van der Waals surface area contributed by atoms with Gasteiger partial charge in [0.2, 0.25) is 11.8 Å². The van der Waals surface area contributed by atoms with Crippen LogP contribution in [-0.4, -0.2) is 17.6 Å². The topological polar surface area (TPSA) is 54.5 Å². The van der Waals surface area contributed by atoms with Gasteiger partial charge in [0.1, 0.15) is 0 Å². The van der Waals surface area contributed by atoms with E-state index in [1.807, 2.05) is 72.8 Å². The molecule has 0 unspecified atom stereocenters.